The molecule has 4 nitrogen and oxygen atoms in total. The van der Waals surface area contributed by atoms with Crippen LogP contribution in [0.15, 0.2) is 41.8 Å². The van der Waals surface area contributed by atoms with Crippen molar-refractivity contribution in [2.45, 2.75) is 6.42 Å². The van der Waals surface area contributed by atoms with Gasteiger partial charge in [0.25, 0.3) is 0 Å². The number of hydrogen-bond donors (Lipinski definition) is 1. The van der Waals surface area contributed by atoms with Gasteiger partial charge in [-0.3, -0.25) is 4.79 Å². The van der Waals surface area contributed by atoms with E-state index >= 15 is 0 Å². The quantitative estimate of drug-likeness (QED) is 0.608. The lowest BCUT2D eigenvalue weighted by atomic mass is 10.1. The van der Waals surface area contributed by atoms with Gasteiger partial charge in [-0.1, -0.05) is 29.3 Å². The van der Waals surface area contributed by atoms with Crippen molar-refractivity contribution >= 4 is 45.6 Å². The Hall–Kier alpha value is -2.15. The number of rotatable bonds is 5. The number of amides is 1. The molecule has 134 valence electrons. The molecule has 0 aliphatic carbocycles. The Morgan fingerprint density at radius 1 is 1.27 bits per heavy atom. The fraction of sp³-hybridized carbons (Fsp3) is 0.111. The Labute approximate surface area is 163 Å². The molecule has 0 spiro atoms. The standard InChI is InChI=1S/C18H13Cl2FN2O2S/c1-25-16-5-2-10(6-14(16)21)7-17(24)23-18-22-15(9-26-18)12-4-3-11(19)8-13(12)20/h2-6,8-9H,7H2,1H3,(H,22,23,24). The minimum absolute atomic E-state index is 0.0253. The minimum atomic E-state index is -0.508. The number of ether oxygens (including phenoxy) is 1. The normalized spacial score (nSPS) is 10.6. The highest BCUT2D eigenvalue weighted by Gasteiger charge is 2.12. The van der Waals surface area contributed by atoms with E-state index in [0.29, 0.717) is 26.4 Å². The average Bonchev–Trinajstić information content (AvgIpc) is 3.03. The van der Waals surface area contributed by atoms with Crippen LogP contribution < -0.4 is 10.1 Å². The molecule has 1 heterocycles. The van der Waals surface area contributed by atoms with E-state index in [4.69, 9.17) is 27.9 Å². The third-order valence-corrected chi connectivity index (χ3v) is 4.84. The van der Waals surface area contributed by atoms with Gasteiger partial charge in [-0.05, 0) is 35.9 Å². The molecule has 0 saturated carbocycles. The molecule has 1 aromatic heterocycles. The molecule has 0 atom stereocenters. The van der Waals surface area contributed by atoms with Crippen LogP contribution >= 0.6 is 34.5 Å². The number of halogens is 3. The highest BCUT2D eigenvalue weighted by molar-refractivity contribution is 7.14. The van der Waals surface area contributed by atoms with Crippen LogP contribution in [-0.2, 0) is 11.2 Å². The van der Waals surface area contributed by atoms with E-state index in [-0.39, 0.29) is 18.1 Å². The summed E-state index contributed by atoms with van der Waals surface area (Å²) in [4.78, 5) is 16.5. The first kappa shape index (κ1) is 18.6. The fourth-order valence-electron chi connectivity index (χ4n) is 2.32. The molecule has 3 rings (SSSR count). The second kappa shape index (κ2) is 8.03. The van der Waals surface area contributed by atoms with E-state index in [9.17, 15) is 9.18 Å². The molecule has 26 heavy (non-hydrogen) atoms. The molecule has 0 unspecified atom stereocenters. The largest absolute Gasteiger partial charge is 0.494 e. The highest BCUT2D eigenvalue weighted by atomic mass is 35.5. The van der Waals surface area contributed by atoms with Gasteiger partial charge in [-0.15, -0.1) is 11.3 Å². The second-order valence-electron chi connectivity index (χ2n) is 5.36. The van der Waals surface area contributed by atoms with E-state index in [2.05, 4.69) is 10.3 Å². The number of aromatic nitrogens is 1. The molecule has 0 aliphatic rings. The van der Waals surface area contributed by atoms with E-state index in [1.807, 2.05) is 0 Å². The van der Waals surface area contributed by atoms with Crippen molar-refractivity contribution in [3.05, 3.63) is 63.2 Å². The number of thiazole rings is 1. The Balaban J connectivity index is 1.69. The molecular weight excluding hydrogens is 398 g/mol. The summed E-state index contributed by atoms with van der Waals surface area (Å²) in [5, 5.41) is 5.95. The molecule has 3 aromatic rings. The van der Waals surface area contributed by atoms with Crippen LogP contribution in [-0.4, -0.2) is 18.0 Å². The molecule has 0 saturated heterocycles. The van der Waals surface area contributed by atoms with Crippen LogP contribution in [0.25, 0.3) is 11.3 Å². The zero-order valence-corrected chi connectivity index (χ0v) is 15.9. The van der Waals surface area contributed by atoms with E-state index in [0.717, 1.165) is 5.56 Å². The van der Waals surface area contributed by atoms with Crippen molar-refractivity contribution in [3.8, 4) is 17.0 Å². The zero-order valence-electron chi connectivity index (χ0n) is 13.6. The molecule has 0 fully saturated rings. The Kier molecular flexibility index (Phi) is 5.76. The molecule has 1 amide bonds. The maximum Gasteiger partial charge on any atom is 0.230 e. The van der Waals surface area contributed by atoms with Gasteiger partial charge in [0.1, 0.15) is 0 Å². The second-order valence-corrected chi connectivity index (χ2v) is 7.06. The summed E-state index contributed by atoms with van der Waals surface area (Å²) in [6.45, 7) is 0. The molecule has 8 heteroatoms. The SMILES string of the molecule is COc1ccc(CC(=O)Nc2nc(-c3ccc(Cl)cc3Cl)cs2)cc1F. The molecule has 0 aliphatic heterocycles. The summed E-state index contributed by atoms with van der Waals surface area (Å²) in [6, 6.07) is 9.53. The smallest absolute Gasteiger partial charge is 0.230 e. The predicted octanol–water partition coefficient (Wildman–Crippen LogP) is 5.45. The minimum Gasteiger partial charge on any atom is -0.494 e. The maximum absolute atomic E-state index is 13.7. The lowest BCUT2D eigenvalue weighted by Gasteiger charge is -2.05. The maximum atomic E-state index is 13.7. The number of carbonyl (C=O) groups is 1. The average molecular weight is 411 g/mol. The van der Waals surface area contributed by atoms with Crippen molar-refractivity contribution in [2.75, 3.05) is 12.4 Å². The topological polar surface area (TPSA) is 51.2 Å². The lowest BCUT2D eigenvalue weighted by molar-refractivity contribution is -0.115. The van der Waals surface area contributed by atoms with E-state index in [1.54, 1.807) is 29.6 Å². The van der Waals surface area contributed by atoms with Crippen molar-refractivity contribution < 1.29 is 13.9 Å². The van der Waals surface area contributed by atoms with Crippen LogP contribution in [0.5, 0.6) is 5.75 Å². The van der Waals surface area contributed by atoms with Crippen molar-refractivity contribution in [2.24, 2.45) is 0 Å². The van der Waals surface area contributed by atoms with Crippen molar-refractivity contribution in [1.29, 1.82) is 0 Å². The van der Waals surface area contributed by atoms with Gasteiger partial charge in [0.2, 0.25) is 5.91 Å². The van der Waals surface area contributed by atoms with Crippen LogP contribution in [0.1, 0.15) is 5.56 Å². The van der Waals surface area contributed by atoms with Gasteiger partial charge >= 0.3 is 0 Å². The van der Waals surface area contributed by atoms with E-state index < -0.39 is 5.82 Å². The number of nitrogens with one attached hydrogen (secondary N) is 1. The third kappa shape index (κ3) is 4.33. The Morgan fingerprint density at radius 3 is 2.77 bits per heavy atom. The van der Waals surface area contributed by atoms with Gasteiger partial charge < -0.3 is 10.1 Å². The van der Waals surface area contributed by atoms with Crippen LogP contribution in [0.3, 0.4) is 0 Å². The summed E-state index contributed by atoms with van der Waals surface area (Å²) in [7, 11) is 1.39. The number of methoxy groups -OCH3 is 1. The van der Waals surface area contributed by atoms with Gasteiger partial charge in [-0.25, -0.2) is 9.37 Å². The van der Waals surface area contributed by atoms with Crippen molar-refractivity contribution in [1.82, 2.24) is 4.98 Å². The zero-order chi connectivity index (χ0) is 18.7. The summed E-state index contributed by atoms with van der Waals surface area (Å²) >= 11 is 13.3. The number of benzene rings is 2. The molecular formula is C18H13Cl2FN2O2S. The molecule has 0 bridgehead atoms. The first-order valence-corrected chi connectivity index (χ1v) is 9.13. The van der Waals surface area contributed by atoms with Crippen molar-refractivity contribution in [3.63, 3.8) is 0 Å². The number of nitrogens with zero attached hydrogens (tertiary/aromatic N) is 1. The third-order valence-electron chi connectivity index (χ3n) is 3.54. The van der Waals surface area contributed by atoms with Crippen LogP contribution in [0, 0.1) is 5.82 Å². The molecule has 0 radical (unpaired) electrons. The summed E-state index contributed by atoms with van der Waals surface area (Å²) in [6.07, 6.45) is 0.0253. The molecule has 1 N–H and O–H groups in total. The summed E-state index contributed by atoms with van der Waals surface area (Å²) in [5.41, 5.74) is 1.91. The Bertz CT molecular complexity index is 962. The lowest BCUT2D eigenvalue weighted by Crippen LogP contribution is -2.14. The van der Waals surface area contributed by atoms with Gasteiger partial charge in [0.05, 0.1) is 24.2 Å². The first-order valence-electron chi connectivity index (χ1n) is 7.49. The van der Waals surface area contributed by atoms with E-state index in [1.165, 1.54) is 30.6 Å². The predicted molar refractivity (Wildman–Crippen MR) is 103 cm³/mol. The highest BCUT2D eigenvalue weighted by Crippen LogP contribution is 2.32. The first-order chi connectivity index (χ1) is 12.5. The summed E-state index contributed by atoms with van der Waals surface area (Å²) < 4.78 is 18.6. The van der Waals surface area contributed by atoms with Gasteiger partial charge in [0.15, 0.2) is 16.7 Å². The Morgan fingerprint density at radius 2 is 2.08 bits per heavy atom. The number of anilines is 1. The number of carbonyl (C=O) groups excluding carboxylic acids is 1. The monoisotopic (exact) mass is 410 g/mol. The van der Waals surface area contributed by atoms with Gasteiger partial charge in [-0.2, -0.15) is 0 Å². The van der Waals surface area contributed by atoms with Crippen LogP contribution in [0.2, 0.25) is 10.0 Å². The fourth-order valence-corrected chi connectivity index (χ4v) is 3.55. The number of hydrogen-bond acceptors (Lipinski definition) is 4. The molecule has 2 aromatic carbocycles. The van der Waals surface area contributed by atoms with Gasteiger partial charge in [0, 0.05) is 16.0 Å². The summed E-state index contributed by atoms with van der Waals surface area (Å²) in [5.74, 6) is -0.664. The van der Waals surface area contributed by atoms with Crippen LogP contribution in [0.4, 0.5) is 9.52 Å².